The third-order valence-corrected chi connectivity index (χ3v) is 5.50. The van der Waals surface area contributed by atoms with Gasteiger partial charge in [0, 0.05) is 17.6 Å². The first-order valence-corrected chi connectivity index (χ1v) is 10.9. The van der Waals surface area contributed by atoms with E-state index in [0.717, 1.165) is 41.0 Å². The summed E-state index contributed by atoms with van der Waals surface area (Å²) < 4.78 is 2.09. The van der Waals surface area contributed by atoms with Crippen LogP contribution in [-0.4, -0.2) is 20.4 Å². The van der Waals surface area contributed by atoms with Gasteiger partial charge in [-0.3, -0.25) is 9.78 Å². The molecule has 1 amide bonds. The summed E-state index contributed by atoms with van der Waals surface area (Å²) in [5.41, 5.74) is 3.75. The molecular weight excluding hydrogens is 408 g/mol. The third-order valence-electron chi connectivity index (χ3n) is 5.27. The SMILES string of the molecule is CCC[C@H](C(=O)NCc1ccccn1)n1c(Cc2cccc(Cl)c2)nc2ccccc21. The number of fused-ring (bicyclic) bond motifs is 1. The Morgan fingerprint density at radius 2 is 1.94 bits per heavy atom. The van der Waals surface area contributed by atoms with E-state index in [1.54, 1.807) is 6.20 Å². The van der Waals surface area contributed by atoms with Crippen LogP contribution in [0.15, 0.2) is 72.9 Å². The van der Waals surface area contributed by atoms with Crippen molar-refractivity contribution in [3.63, 3.8) is 0 Å². The van der Waals surface area contributed by atoms with Gasteiger partial charge in [-0.15, -0.1) is 0 Å². The predicted molar refractivity (Wildman–Crippen MR) is 124 cm³/mol. The van der Waals surface area contributed by atoms with Crippen LogP contribution in [0.5, 0.6) is 0 Å². The molecule has 2 heterocycles. The number of nitrogens with one attached hydrogen (secondary N) is 1. The average molecular weight is 433 g/mol. The number of amides is 1. The van der Waals surface area contributed by atoms with E-state index < -0.39 is 0 Å². The lowest BCUT2D eigenvalue weighted by molar-refractivity contribution is -0.124. The molecule has 158 valence electrons. The van der Waals surface area contributed by atoms with Gasteiger partial charge in [0.25, 0.3) is 0 Å². The first-order valence-electron chi connectivity index (χ1n) is 10.5. The number of carbonyl (C=O) groups excluding carboxylic acids is 1. The van der Waals surface area contributed by atoms with E-state index in [9.17, 15) is 4.79 Å². The minimum Gasteiger partial charge on any atom is -0.349 e. The van der Waals surface area contributed by atoms with Crippen LogP contribution >= 0.6 is 11.6 Å². The molecule has 0 saturated carbocycles. The number of imidazole rings is 1. The predicted octanol–water partition coefficient (Wildman–Crippen LogP) is 5.33. The third kappa shape index (κ3) is 4.94. The lowest BCUT2D eigenvalue weighted by Crippen LogP contribution is -2.33. The first kappa shape index (κ1) is 21.1. The molecule has 6 heteroatoms. The highest BCUT2D eigenvalue weighted by Crippen LogP contribution is 2.27. The number of rotatable bonds is 8. The van der Waals surface area contributed by atoms with Gasteiger partial charge in [0.2, 0.25) is 5.91 Å². The van der Waals surface area contributed by atoms with Crippen LogP contribution in [0.3, 0.4) is 0 Å². The summed E-state index contributed by atoms with van der Waals surface area (Å²) in [6, 6.07) is 21.1. The maximum Gasteiger partial charge on any atom is 0.243 e. The van der Waals surface area contributed by atoms with Gasteiger partial charge in [-0.1, -0.05) is 55.3 Å². The molecule has 0 aliphatic carbocycles. The summed E-state index contributed by atoms with van der Waals surface area (Å²) in [4.78, 5) is 22.5. The molecule has 0 unspecified atom stereocenters. The molecule has 0 spiro atoms. The number of pyridine rings is 1. The molecule has 0 aliphatic heterocycles. The molecule has 5 nitrogen and oxygen atoms in total. The van der Waals surface area contributed by atoms with Gasteiger partial charge in [0.15, 0.2) is 0 Å². The Hall–Kier alpha value is -3.18. The van der Waals surface area contributed by atoms with Crippen molar-refractivity contribution in [2.75, 3.05) is 0 Å². The Kier molecular flexibility index (Phi) is 6.63. The molecule has 1 atom stereocenters. The van der Waals surface area contributed by atoms with Crippen LogP contribution in [0, 0.1) is 0 Å². The molecule has 2 aromatic carbocycles. The summed E-state index contributed by atoms with van der Waals surface area (Å²) in [6.45, 7) is 2.49. The highest BCUT2D eigenvalue weighted by molar-refractivity contribution is 6.30. The molecule has 1 N–H and O–H groups in total. The van der Waals surface area contributed by atoms with E-state index in [-0.39, 0.29) is 11.9 Å². The van der Waals surface area contributed by atoms with Gasteiger partial charge in [-0.2, -0.15) is 0 Å². The number of hydrogen-bond donors (Lipinski definition) is 1. The van der Waals surface area contributed by atoms with Gasteiger partial charge < -0.3 is 9.88 Å². The molecule has 0 fully saturated rings. The first-order chi connectivity index (χ1) is 15.2. The second-order valence-electron chi connectivity index (χ2n) is 7.54. The normalized spacial score (nSPS) is 12.1. The smallest absolute Gasteiger partial charge is 0.243 e. The molecule has 0 aliphatic rings. The summed E-state index contributed by atoms with van der Waals surface area (Å²) in [5.74, 6) is 0.831. The average Bonchev–Trinajstić information content (AvgIpc) is 3.14. The van der Waals surface area contributed by atoms with E-state index >= 15 is 0 Å². The Morgan fingerprint density at radius 3 is 2.71 bits per heavy atom. The molecule has 2 aromatic heterocycles. The molecule has 0 saturated heterocycles. The maximum absolute atomic E-state index is 13.3. The van der Waals surface area contributed by atoms with Crippen molar-refractivity contribution in [2.45, 2.75) is 38.8 Å². The Balaban J connectivity index is 1.69. The number of para-hydroxylation sites is 2. The number of halogens is 1. The van der Waals surface area contributed by atoms with Crippen molar-refractivity contribution in [1.82, 2.24) is 19.9 Å². The quantitative estimate of drug-likeness (QED) is 0.409. The fourth-order valence-electron chi connectivity index (χ4n) is 3.85. The minimum absolute atomic E-state index is 0.0250. The van der Waals surface area contributed by atoms with Crippen LogP contribution in [0.25, 0.3) is 11.0 Å². The highest BCUT2D eigenvalue weighted by Gasteiger charge is 2.25. The minimum atomic E-state index is -0.352. The zero-order valence-corrected chi connectivity index (χ0v) is 18.2. The van der Waals surface area contributed by atoms with Crippen molar-refractivity contribution in [3.05, 3.63) is 95.0 Å². The van der Waals surface area contributed by atoms with Crippen molar-refractivity contribution >= 4 is 28.5 Å². The number of aromatic nitrogens is 3. The monoisotopic (exact) mass is 432 g/mol. The van der Waals surface area contributed by atoms with E-state index in [2.05, 4.69) is 21.8 Å². The largest absolute Gasteiger partial charge is 0.349 e. The van der Waals surface area contributed by atoms with E-state index in [1.807, 2.05) is 66.7 Å². The lowest BCUT2D eigenvalue weighted by atomic mass is 10.1. The van der Waals surface area contributed by atoms with Crippen molar-refractivity contribution in [3.8, 4) is 0 Å². The highest BCUT2D eigenvalue weighted by atomic mass is 35.5. The summed E-state index contributed by atoms with van der Waals surface area (Å²) in [5, 5.41) is 3.76. The van der Waals surface area contributed by atoms with Gasteiger partial charge in [0.1, 0.15) is 11.9 Å². The van der Waals surface area contributed by atoms with Crippen molar-refractivity contribution in [1.29, 1.82) is 0 Å². The molecule has 31 heavy (non-hydrogen) atoms. The van der Waals surface area contributed by atoms with Crippen molar-refractivity contribution < 1.29 is 4.79 Å². The second kappa shape index (κ2) is 9.75. The van der Waals surface area contributed by atoms with Crippen molar-refractivity contribution in [2.24, 2.45) is 0 Å². The number of carbonyl (C=O) groups is 1. The van der Waals surface area contributed by atoms with Crippen LogP contribution in [0.1, 0.15) is 42.9 Å². The number of hydrogen-bond acceptors (Lipinski definition) is 3. The van der Waals surface area contributed by atoms with E-state index in [0.29, 0.717) is 18.0 Å². The summed E-state index contributed by atoms with van der Waals surface area (Å²) in [7, 11) is 0. The van der Waals surface area contributed by atoms with Crippen LogP contribution in [-0.2, 0) is 17.8 Å². The molecular formula is C25H25ClN4O. The van der Waals surface area contributed by atoms with Crippen LogP contribution in [0.2, 0.25) is 5.02 Å². The second-order valence-corrected chi connectivity index (χ2v) is 7.97. The Bertz CT molecular complexity index is 1170. The fourth-order valence-corrected chi connectivity index (χ4v) is 4.06. The van der Waals surface area contributed by atoms with Gasteiger partial charge in [-0.25, -0.2) is 4.98 Å². The lowest BCUT2D eigenvalue weighted by Gasteiger charge is -2.21. The number of nitrogens with zero attached hydrogens (tertiary/aromatic N) is 3. The van der Waals surface area contributed by atoms with Gasteiger partial charge in [0.05, 0.1) is 23.3 Å². The van der Waals surface area contributed by atoms with Gasteiger partial charge >= 0.3 is 0 Å². The fraction of sp³-hybridized carbons (Fsp3) is 0.240. The summed E-state index contributed by atoms with van der Waals surface area (Å²) in [6.07, 6.45) is 3.93. The molecule has 0 bridgehead atoms. The van der Waals surface area contributed by atoms with Crippen LogP contribution in [0.4, 0.5) is 0 Å². The molecule has 0 radical (unpaired) electrons. The maximum atomic E-state index is 13.3. The molecule has 4 aromatic rings. The van der Waals surface area contributed by atoms with Crippen LogP contribution < -0.4 is 5.32 Å². The number of benzene rings is 2. The zero-order chi connectivity index (χ0) is 21.6. The summed E-state index contributed by atoms with van der Waals surface area (Å²) >= 11 is 6.19. The van der Waals surface area contributed by atoms with E-state index in [4.69, 9.17) is 16.6 Å². The Labute approximate surface area is 187 Å². The molecule has 4 rings (SSSR count). The van der Waals surface area contributed by atoms with E-state index in [1.165, 1.54) is 0 Å². The van der Waals surface area contributed by atoms with Gasteiger partial charge in [-0.05, 0) is 48.4 Å². The zero-order valence-electron chi connectivity index (χ0n) is 17.5. The topological polar surface area (TPSA) is 59.8 Å². The Morgan fingerprint density at radius 1 is 1.10 bits per heavy atom. The standard InChI is InChI=1S/C25H25ClN4O/c1-2-8-23(25(31)28-17-20-11-5-6-14-27-20)30-22-13-4-3-12-21(22)29-24(30)16-18-9-7-10-19(26)15-18/h3-7,9-15,23H,2,8,16-17H2,1H3,(H,28,31)/t23-/m1/s1.